The number of anilines is 1. The largest absolute Gasteiger partial charge is 0.490 e. The van der Waals surface area contributed by atoms with E-state index in [0.717, 1.165) is 52.6 Å². The highest BCUT2D eigenvalue weighted by Gasteiger charge is 2.34. The second-order valence-corrected chi connectivity index (χ2v) is 9.32. The number of nitrogen functional groups attached to an aromatic ring is 1. The lowest BCUT2D eigenvalue weighted by atomic mass is 9.93. The van der Waals surface area contributed by atoms with Crippen molar-refractivity contribution in [3.8, 4) is 22.9 Å². The van der Waals surface area contributed by atoms with Gasteiger partial charge in [-0.2, -0.15) is 5.26 Å². The first-order valence-corrected chi connectivity index (χ1v) is 11.2. The van der Waals surface area contributed by atoms with E-state index in [1.807, 2.05) is 30.0 Å². The van der Waals surface area contributed by atoms with Crippen LogP contribution in [0.25, 0.3) is 21.2 Å². The Morgan fingerprint density at radius 2 is 2.17 bits per heavy atom. The standard InChI is InChI=1S/C23H20ClN3O2S/c1-12-19(14-6-4-7-18-20(14)16(10-25)22(26)30-18)17(24)9-15-21(12)29-11-13-5-2-3-8-27(13)23(15)28/h4,6-7,9,13H,2-3,5,8,11,26H2,1H3/t13-/m1/s1. The van der Waals surface area contributed by atoms with Crippen molar-refractivity contribution in [2.75, 3.05) is 18.9 Å². The highest BCUT2D eigenvalue weighted by molar-refractivity contribution is 7.23. The predicted octanol–water partition coefficient (Wildman–Crippen LogP) is 5.37. The molecule has 0 unspecified atom stereocenters. The number of nitriles is 1. The summed E-state index contributed by atoms with van der Waals surface area (Å²) in [4.78, 5) is 15.2. The highest BCUT2D eigenvalue weighted by atomic mass is 35.5. The Morgan fingerprint density at radius 1 is 1.33 bits per heavy atom. The second-order valence-electron chi connectivity index (χ2n) is 7.83. The monoisotopic (exact) mass is 437 g/mol. The number of nitrogens with two attached hydrogens (primary N) is 1. The minimum atomic E-state index is -0.0144. The molecule has 1 atom stereocenters. The van der Waals surface area contributed by atoms with Gasteiger partial charge in [0.25, 0.3) is 5.91 Å². The summed E-state index contributed by atoms with van der Waals surface area (Å²) in [5, 5.41) is 11.4. The molecule has 0 bridgehead atoms. The minimum Gasteiger partial charge on any atom is -0.490 e. The van der Waals surface area contributed by atoms with E-state index in [-0.39, 0.29) is 11.9 Å². The summed E-state index contributed by atoms with van der Waals surface area (Å²) in [5.41, 5.74) is 9.50. The Morgan fingerprint density at radius 3 is 2.97 bits per heavy atom. The molecule has 3 heterocycles. The fraction of sp³-hybridized carbons (Fsp3) is 0.304. The molecule has 2 aromatic carbocycles. The van der Waals surface area contributed by atoms with Crippen LogP contribution < -0.4 is 10.5 Å². The molecule has 5 rings (SSSR count). The molecular formula is C23H20ClN3O2S. The Labute approximate surface area is 183 Å². The van der Waals surface area contributed by atoms with Gasteiger partial charge in [0, 0.05) is 32.8 Å². The molecule has 1 fully saturated rings. The third-order valence-corrected chi connectivity index (χ3v) is 7.41. The molecule has 152 valence electrons. The van der Waals surface area contributed by atoms with Crippen molar-refractivity contribution < 1.29 is 9.53 Å². The van der Waals surface area contributed by atoms with Gasteiger partial charge >= 0.3 is 0 Å². The summed E-state index contributed by atoms with van der Waals surface area (Å²) >= 11 is 8.15. The van der Waals surface area contributed by atoms with Crippen LogP contribution in [0.4, 0.5) is 5.00 Å². The predicted molar refractivity (Wildman–Crippen MR) is 120 cm³/mol. The van der Waals surface area contributed by atoms with Crippen LogP contribution in [0.1, 0.15) is 40.7 Å². The van der Waals surface area contributed by atoms with Crippen LogP contribution in [0.3, 0.4) is 0 Å². The first kappa shape index (κ1) is 19.2. The first-order chi connectivity index (χ1) is 14.5. The zero-order valence-electron chi connectivity index (χ0n) is 16.5. The molecule has 7 heteroatoms. The fourth-order valence-electron chi connectivity index (χ4n) is 4.70. The third-order valence-electron chi connectivity index (χ3n) is 6.13. The summed E-state index contributed by atoms with van der Waals surface area (Å²) in [6.07, 6.45) is 3.08. The molecule has 1 amide bonds. The molecule has 30 heavy (non-hydrogen) atoms. The number of carbonyl (C=O) groups excluding carboxylic acids is 1. The summed E-state index contributed by atoms with van der Waals surface area (Å²) in [6.45, 7) is 3.17. The molecule has 2 aliphatic rings. The Hall–Kier alpha value is -2.75. The number of halogens is 1. The number of thiophene rings is 1. The quantitative estimate of drug-likeness (QED) is 0.554. The van der Waals surface area contributed by atoms with E-state index in [9.17, 15) is 10.1 Å². The van der Waals surface area contributed by atoms with Gasteiger partial charge in [0.05, 0.1) is 17.2 Å². The smallest absolute Gasteiger partial charge is 0.258 e. The number of nitrogens with zero attached hydrogens (tertiary/aromatic N) is 2. The normalized spacial score (nSPS) is 18.4. The van der Waals surface area contributed by atoms with E-state index >= 15 is 0 Å². The van der Waals surface area contributed by atoms with Gasteiger partial charge in [0.2, 0.25) is 0 Å². The molecule has 2 aliphatic heterocycles. The Kier molecular flexibility index (Phi) is 4.61. The van der Waals surface area contributed by atoms with Crippen molar-refractivity contribution in [3.63, 3.8) is 0 Å². The zero-order valence-corrected chi connectivity index (χ0v) is 18.1. The average molecular weight is 438 g/mol. The summed E-state index contributed by atoms with van der Waals surface area (Å²) in [6, 6.07) is 9.88. The molecular weight excluding hydrogens is 418 g/mol. The molecule has 5 nitrogen and oxygen atoms in total. The molecule has 1 aromatic heterocycles. The Balaban J connectivity index is 1.74. The molecule has 2 N–H and O–H groups in total. The van der Waals surface area contributed by atoms with Gasteiger partial charge < -0.3 is 15.4 Å². The van der Waals surface area contributed by atoms with Crippen LogP contribution in [-0.2, 0) is 0 Å². The van der Waals surface area contributed by atoms with Crippen molar-refractivity contribution >= 4 is 43.9 Å². The van der Waals surface area contributed by atoms with Gasteiger partial charge in [-0.05, 0) is 43.9 Å². The Bertz CT molecular complexity index is 1240. The number of carbonyl (C=O) groups is 1. The molecule has 0 aliphatic carbocycles. The number of amides is 1. The summed E-state index contributed by atoms with van der Waals surface area (Å²) < 4.78 is 7.13. The van der Waals surface area contributed by atoms with E-state index in [2.05, 4.69) is 6.07 Å². The van der Waals surface area contributed by atoms with Crippen LogP contribution in [0, 0.1) is 18.3 Å². The third kappa shape index (κ3) is 2.77. The number of rotatable bonds is 1. The highest BCUT2D eigenvalue weighted by Crippen LogP contribution is 2.46. The second kappa shape index (κ2) is 7.19. The van der Waals surface area contributed by atoms with Gasteiger partial charge in [0.15, 0.2) is 0 Å². The van der Waals surface area contributed by atoms with E-state index in [0.29, 0.717) is 33.5 Å². The molecule has 0 spiro atoms. The lowest BCUT2D eigenvalue weighted by Gasteiger charge is -2.33. The van der Waals surface area contributed by atoms with E-state index in [1.54, 1.807) is 6.07 Å². The van der Waals surface area contributed by atoms with Crippen molar-refractivity contribution in [1.29, 1.82) is 5.26 Å². The molecule has 3 aromatic rings. The first-order valence-electron chi connectivity index (χ1n) is 9.99. The van der Waals surface area contributed by atoms with Crippen molar-refractivity contribution in [2.45, 2.75) is 32.2 Å². The van der Waals surface area contributed by atoms with Crippen molar-refractivity contribution in [3.05, 3.63) is 46.0 Å². The molecule has 0 saturated carbocycles. The average Bonchev–Trinajstić information content (AvgIpc) is 3.00. The maximum Gasteiger partial charge on any atom is 0.258 e. The number of piperidine rings is 1. The van der Waals surface area contributed by atoms with E-state index in [4.69, 9.17) is 22.1 Å². The number of benzene rings is 2. The summed E-state index contributed by atoms with van der Waals surface area (Å²) in [5.74, 6) is 0.576. The van der Waals surface area contributed by atoms with Gasteiger partial charge in [-0.15, -0.1) is 11.3 Å². The number of ether oxygens (including phenoxy) is 1. The zero-order chi connectivity index (χ0) is 21.0. The SMILES string of the molecule is Cc1c2c(cc(Cl)c1-c1cccc3sc(N)c(C#N)c13)C(=O)N1CCCC[C@@H]1CO2. The van der Waals surface area contributed by atoms with E-state index in [1.165, 1.54) is 11.3 Å². The number of fused-ring (bicyclic) bond motifs is 3. The maximum absolute atomic E-state index is 13.3. The lowest BCUT2D eigenvalue weighted by molar-refractivity contribution is 0.0578. The van der Waals surface area contributed by atoms with Gasteiger partial charge in [-0.25, -0.2) is 0 Å². The van der Waals surface area contributed by atoms with Crippen LogP contribution in [-0.4, -0.2) is 30.0 Å². The number of hydrogen-bond donors (Lipinski definition) is 1. The molecule has 1 saturated heterocycles. The maximum atomic E-state index is 13.3. The number of hydrogen-bond acceptors (Lipinski definition) is 5. The van der Waals surface area contributed by atoms with Crippen LogP contribution in [0.5, 0.6) is 5.75 Å². The summed E-state index contributed by atoms with van der Waals surface area (Å²) in [7, 11) is 0. The van der Waals surface area contributed by atoms with Crippen molar-refractivity contribution in [2.24, 2.45) is 0 Å². The van der Waals surface area contributed by atoms with Crippen molar-refractivity contribution in [1.82, 2.24) is 4.90 Å². The lowest BCUT2D eigenvalue weighted by Crippen LogP contribution is -2.45. The van der Waals surface area contributed by atoms with E-state index < -0.39 is 0 Å². The van der Waals surface area contributed by atoms with Gasteiger partial charge in [-0.1, -0.05) is 23.7 Å². The topological polar surface area (TPSA) is 79.3 Å². The molecule has 0 radical (unpaired) electrons. The fourth-order valence-corrected chi connectivity index (χ4v) is 6.00. The van der Waals surface area contributed by atoms with Crippen LogP contribution >= 0.6 is 22.9 Å². The van der Waals surface area contributed by atoms with Crippen LogP contribution in [0.15, 0.2) is 24.3 Å². The van der Waals surface area contributed by atoms with Crippen LogP contribution in [0.2, 0.25) is 5.02 Å². The van der Waals surface area contributed by atoms with Gasteiger partial charge in [0.1, 0.15) is 23.4 Å². The van der Waals surface area contributed by atoms with Gasteiger partial charge in [-0.3, -0.25) is 4.79 Å². The minimum absolute atomic E-state index is 0.0144.